The van der Waals surface area contributed by atoms with Crippen molar-refractivity contribution < 1.29 is 0 Å². The van der Waals surface area contributed by atoms with Gasteiger partial charge in [0.05, 0.1) is 18.5 Å². The number of nitriles is 1. The molecule has 1 atom stereocenters. The van der Waals surface area contributed by atoms with E-state index < -0.39 is 0 Å². The zero-order valence-corrected chi connectivity index (χ0v) is 8.57. The van der Waals surface area contributed by atoms with Crippen LogP contribution < -0.4 is 0 Å². The molecule has 0 bridgehead atoms. The summed E-state index contributed by atoms with van der Waals surface area (Å²) in [6.45, 7) is 4.49. The highest BCUT2D eigenvalue weighted by molar-refractivity contribution is 5.79. The molecular formula is C12H14N2. The van der Waals surface area contributed by atoms with E-state index in [1.807, 2.05) is 25.3 Å². The Morgan fingerprint density at radius 2 is 2.36 bits per heavy atom. The molecule has 72 valence electrons. The first-order valence-electron chi connectivity index (χ1n) is 4.68. The first kappa shape index (κ1) is 10.5. The molecule has 1 rings (SSSR count). The van der Waals surface area contributed by atoms with Crippen molar-refractivity contribution in [2.45, 2.75) is 13.8 Å². The highest BCUT2D eigenvalue weighted by Crippen LogP contribution is 2.01. The lowest BCUT2D eigenvalue weighted by Gasteiger charge is -1.96. The molecule has 0 saturated carbocycles. The van der Waals surface area contributed by atoms with Crippen molar-refractivity contribution in [1.82, 2.24) is 0 Å². The van der Waals surface area contributed by atoms with Crippen LogP contribution in [0.5, 0.6) is 0 Å². The number of benzene rings is 1. The molecule has 14 heavy (non-hydrogen) atoms. The standard InChI is InChI=1S/C12H14N2/c1-10-4-3-5-12(6-10)9-14-8-11(2)7-13/h3-6,9,11H,8H2,1-2H3. The maximum Gasteiger partial charge on any atom is 0.0672 e. The summed E-state index contributed by atoms with van der Waals surface area (Å²) < 4.78 is 0. The zero-order chi connectivity index (χ0) is 10.4. The van der Waals surface area contributed by atoms with Gasteiger partial charge in [0.15, 0.2) is 0 Å². The third kappa shape index (κ3) is 3.40. The van der Waals surface area contributed by atoms with Gasteiger partial charge in [-0.25, -0.2) is 0 Å². The third-order valence-corrected chi connectivity index (χ3v) is 1.88. The molecule has 1 aromatic rings. The summed E-state index contributed by atoms with van der Waals surface area (Å²) in [4.78, 5) is 4.21. The Labute approximate surface area is 84.9 Å². The van der Waals surface area contributed by atoms with Gasteiger partial charge < -0.3 is 0 Å². The Bertz CT molecular complexity index is 361. The first-order chi connectivity index (χ1) is 6.72. The van der Waals surface area contributed by atoms with Crippen molar-refractivity contribution in [2.75, 3.05) is 6.54 Å². The molecule has 0 aliphatic rings. The van der Waals surface area contributed by atoms with Crippen LogP contribution in [0.4, 0.5) is 0 Å². The van der Waals surface area contributed by atoms with E-state index >= 15 is 0 Å². The lowest BCUT2D eigenvalue weighted by atomic mass is 10.1. The van der Waals surface area contributed by atoms with Gasteiger partial charge in [-0.15, -0.1) is 0 Å². The van der Waals surface area contributed by atoms with Crippen molar-refractivity contribution in [3.8, 4) is 6.07 Å². The van der Waals surface area contributed by atoms with E-state index in [1.165, 1.54) is 5.56 Å². The highest BCUT2D eigenvalue weighted by Gasteiger charge is 1.94. The second-order valence-electron chi connectivity index (χ2n) is 3.44. The third-order valence-electron chi connectivity index (χ3n) is 1.88. The molecule has 0 amide bonds. The molecule has 0 spiro atoms. The van der Waals surface area contributed by atoms with Crippen molar-refractivity contribution in [1.29, 1.82) is 5.26 Å². The van der Waals surface area contributed by atoms with Crippen LogP contribution in [0.2, 0.25) is 0 Å². The number of aryl methyl sites for hydroxylation is 1. The van der Waals surface area contributed by atoms with Crippen molar-refractivity contribution >= 4 is 6.21 Å². The van der Waals surface area contributed by atoms with Crippen LogP contribution in [0, 0.1) is 24.2 Å². The van der Waals surface area contributed by atoms with Gasteiger partial charge in [0, 0.05) is 6.21 Å². The number of rotatable bonds is 3. The number of hydrogen-bond acceptors (Lipinski definition) is 2. The highest BCUT2D eigenvalue weighted by atomic mass is 14.7. The quantitative estimate of drug-likeness (QED) is 0.668. The minimum absolute atomic E-state index is 0.00365. The van der Waals surface area contributed by atoms with Crippen molar-refractivity contribution in [3.05, 3.63) is 35.4 Å². The number of hydrogen-bond donors (Lipinski definition) is 0. The lowest BCUT2D eigenvalue weighted by Crippen LogP contribution is -1.95. The van der Waals surface area contributed by atoms with Crippen LogP contribution in [0.25, 0.3) is 0 Å². The van der Waals surface area contributed by atoms with Gasteiger partial charge in [-0.05, 0) is 19.4 Å². The van der Waals surface area contributed by atoms with Gasteiger partial charge in [0.1, 0.15) is 0 Å². The van der Waals surface area contributed by atoms with E-state index in [1.54, 1.807) is 0 Å². The fourth-order valence-corrected chi connectivity index (χ4v) is 1.11. The molecule has 1 unspecified atom stereocenters. The van der Waals surface area contributed by atoms with Gasteiger partial charge in [0.2, 0.25) is 0 Å². The molecule has 0 aliphatic carbocycles. The van der Waals surface area contributed by atoms with Crippen molar-refractivity contribution in [2.24, 2.45) is 10.9 Å². The van der Waals surface area contributed by atoms with Crippen LogP contribution in [-0.4, -0.2) is 12.8 Å². The lowest BCUT2D eigenvalue weighted by molar-refractivity contribution is 0.759. The summed E-state index contributed by atoms with van der Waals surface area (Å²) in [5, 5.41) is 8.55. The molecule has 0 radical (unpaired) electrons. The van der Waals surface area contributed by atoms with Gasteiger partial charge in [0.25, 0.3) is 0 Å². The predicted octanol–water partition coefficient (Wildman–Crippen LogP) is 2.57. The summed E-state index contributed by atoms with van der Waals surface area (Å²) in [5.41, 5.74) is 2.32. The summed E-state index contributed by atoms with van der Waals surface area (Å²) >= 11 is 0. The average Bonchev–Trinajstić information content (AvgIpc) is 2.17. The number of aliphatic imine (C=N–C) groups is 1. The summed E-state index contributed by atoms with van der Waals surface area (Å²) in [7, 11) is 0. The van der Waals surface area contributed by atoms with Crippen molar-refractivity contribution in [3.63, 3.8) is 0 Å². The Morgan fingerprint density at radius 3 is 3.00 bits per heavy atom. The minimum Gasteiger partial charge on any atom is -0.291 e. The Kier molecular flexibility index (Phi) is 3.87. The molecule has 1 aromatic carbocycles. The summed E-state index contributed by atoms with van der Waals surface area (Å²) in [6.07, 6.45) is 1.82. The van der Waals surface area contributed by atoms with E-state index in [0.29, 0.717) is 6.54 Å². The number of nitrogens with zero attached hydrogens (tertiary/aromatic N) is 2. The Balaban J connectivity index is 2.57. The minimum atomic E-state index is -0.00365. The fraction of sp³-hybridized carbons (Fsp3) is 0.333. The first-order valence-corrected chi connectivity index (χ1v) is 4.68. The SMILES string of the molecule is Cc1cccc(C=NCC(C)C#N)c1. The van der Waals surface area contributed by atoms with Crippen LogP contribution in [0.3, 0.4) is 0 Å². The normalized spacial score (nSPS) is 12.6. The van der Waals surface area contributed by atoms with E-state index in [9.17, 15) is 0 Å². The van der Waals surface area contributed by atoms with E-state index in [-0.39, 0.29) is 5.92 Å². The topological polar surface area (TPSA) is 36.1 Å². The monoisotopic (exact) mass is 186 g/mol. The van der Waals surface area contributed by atoms with Gasteiger partial charge in [-0.1, -0.05) is 29.8 Å². The van der Waals surface area contributed by atoms with Gasteiger partial charge in [-0.2, -0.15) is 5.26 Å². The van der Waals surface area contributed by atoms with Crippen LogP contribution in [-0.2, 0) is 0 Å². The second-order valence-corrected chi connectivity index (χ2v) is 3.44. The van der Waals surface area contributed by atoms with Crippen LogP contribution >= 0.6 is 0 Å². The average molecular weight is 186 g/mol. The Morgan fingerprint density at radius 1 is 1.57 bits per heavy atom. The Hall–Kier alpha value is -1.62. The maximum absolute atomic E-state index is 8.55. The van der Waals surface area contributed by atoms with Crippen LogP contribution in [0.1, 0.15) is 18.1 Å². The molecule has 0 heterocycles. The molecule has 2 heteroatoms. The molecular weight excluding hydrogens is 172 g/mol. The smallest absolute Gasteiger partial charge is 0.0672 e. The zero-order valence-electron chi connectivity index (χ0n) is 8.57. The van der Waals surface area contributed by atoms with E-state index in [2.05, 4.69) is 30.1 Å². The predicted molar refractivity (Wildman–Crippen MR) is 58.4 cm³/mol. The second kappa shape index (κ2) is 5.18. The van der Waals surface area contributed by atoms with E-state index in [4.69, 9.17) is 5.26 Å². The maximum atomic E-state index is 8.55. The fourth-order valence-electron chi connectivity index (χ4n) is 1.11. The molecule has 0 saturated heterocycles. The molecule has 0 aromatic heterocycles. The van der Waals surface area contributed by atoms with Gasteiger partial charge in [-0.3, -0.25) is 4.99 Å². The molecule has 0 N–H and O–H groups in total. The van der Waals surface area contributed by atoms with Crippen LogP contribution in [0.15, 0.2) is 29.3 Å². The molecule has 0 fully saturated rings. The largest absolute Gasteiger partial charge is 0.291 e. The summed E-state index contributed by atoms with van der Waals surface area (Å²) in [6, 6.07) is 10.3. The summed E-state index contributed by atoms with van der Waals surface area (Å²) in [5.74, 6) is -0.00365. The van der Waals surface area contributed by atoms with E-state index in [0.717, 1.165) is 5.56 Å². The molecule has 2 nitrogen and oxygen atoms in total. The molecule has 0 aliphatic heterocycles. The van der Waals surface area contributed by atoms with Gasteiger partial charge >= 0.3 is 0 Å².